The molecule has 1 fully saturated rings. The molecular weight excluding hydrogens is 523 g/mol. The zero-order valence-corrected chi connectivity index (χ0v) is 22.1. The van der Waals surface area contributed by atoms with E-state index in [4.69, 9.17) is 16.3 Å². The minimum atomic E-state index is -3.68. The van der Waals surface area contributed by atoms with Crippen LogP contribution in [0.15, 0.2) is 64.7 Å². The van der Waals surface area contributed by atoms with Crippen LogP contribution >= 0.6 is 11.6 Å². The van der Waals surface area contributed by atoms with E-state index in [9.17, 15) is 22.4 Å². The number of carbonyl (C=O) groups is 2. The maximum absolute atomic E-state index is 14.0. The third-order valence-corrected chi connectivity index (χ3v) is 8.58. The van der Waals surface area contributed by atoms with E-state index in [1.807, 2.05) is 4.90 Å². The summed E-state index contributed by atoms with van der Waals surface area (Å²) < 4.78 is 46.8. The van der Waals surface area contributed by atoms with Gasteiger partial charge in [0, 0.05) is 50.5 Å². The highest BCUT2D eigenvalue weighted by Gasteiger charge is 2.38. The Kier molecular flexibility index (Phi) is 8.17. The molecule has 2 aliphatic rings. The second kappa shape index (κ2) is 11.2. The standard InChI is InChI=1S/C25H28ClFN4O5S/c1-3-36-24(32)22-21(29(2)25(33)28-23(22)17-5-4-6-19(27)15-17)16-30-11-13-31(14-12-30)37(34,35)20-9-7-18(26)8-10-20/h4-10,15,23H,3,11-14,16H2,1-2H3,(H,28,33)/t23-/m1/s1. The van der Waals surface area contributed by atoms with Crippen molar-refractivity contribution in [1.82, 2.24) is 19.4 Å². The molecule has 0 bridgehead atoms. The molecule has 2 aliphatic heterocycles. The van der Waals surface area contributed by atoms with Crippen molar-refractivity contribution in [2.24, 2.45) is 0 Å². The van der Waals surface area contributed by atoms with Gasteiger partial charge in [-0.25, -0.2) is 22.4 Å². The molecule has 4 rings (SSSR count). The van der Waals surface area contributed by atoms with Crippen molar-refractivity contribution in [2.45, 2.75) is 17.9 Å². The van der Waals surface area contributed by atoms with Crippen LogP contribution in [0.25, 0.3) is 0 Å². The van der Waals surface area contributed by atoms with Crippen molar-refractivity contribution in [3.63, 3.8) is 0 Å². The number of urea groups is 1. The van der Waals surface area contributed by atoms with E-state index in [1.165, 1.54) is 51.7 Å². The fourth-order valence-corrected chi connectivity index (χ4v) is 5.98. The van der Waals surface area contributed by atoms with Crippen LogP contribution in [0.5, 0.6) is 0 Å². The fraction of sp³-hybridized carbons (Fsp3) is 0.360. The maximum atomic E-state index is 14.0. The Morgan fingerprint density at radius 2 is 1.81 bits per heavy atom. The SMILES string of the molecule is CCOC(=O)C1=C(CN2CCN(S(=O)(=O)c3ccc(Cl)cc3)CC2)N(C)C(=O)N[C@@H]1c1cccc(F)c1. The first-order valence-corrected chi connectivity index (χ1v) is 13.6. The largest absolute Gasteiger partial charge is 0.463 e. The highest BCUT2D eigenvalue weighted by Crippen LogP contribution is 2.32. The second-order valence-corrected chi connectivity index (χ2v) is 11.1. The monoisotopic (exact) mass is 550 g/mol. The lowest BCUT2D eigenvalue weighted by Crippen LogP contribution is -2.53. The van der Waals surface area contributed by atoms with Crippen LogP contribution in [0.4, 0.5) is 9.18 Å². The van der Waals surface area contributed by atoms with Crippen LogP contribution in [-0.2, 0) is 19.6 Å². The molecule has 1 atom stereocenters. The molecule has 0 unspecified atom stereocenters. The number of piperazine rings is 1. The Morgan fingerprint density at radius 1 is 1.14 bits per heavy atom. The summed E-state index contributed by atoms with van der Waals surface area (Å²) in [6.45, 7) is 3.25. The molecule has 1 saturated heterocycles. The van der Waals surface area contributed by atoms with E-state index in [1.54, 1.807) is 20.0 Å². The van der Waals surface area contributed by atoms with E-state index in [2.05, 4.69) is 5.32 Å². The first-order valence-electron chi connectivity index (χ1n) is 11.8. The predicted molar refractivity (Wildman–Crippen MR) is 136 cm³/mol. The molecule has 0 aromatic heterocycles. The van der Waals surface area contributed by atoms with Crippen LogP contribution in [0.3, 0.4) is 0 Å². The summed E-state index contributed by atoms with van der Waals surface area (Å²) in [6, 6.07) is 10.4. The molecule has 12 heteroatoms. The molecule has 2 amide bonds. The van der Waals surface area contributed by atoms with Crippen LogP contribution in [-0.4, -0.2) is 80.9 Å². The third-order valence-electron chi connectivity index (χ3n) is 6.41. The van der Waals surface area contributed by atoms with Crippen molar-refractivity contribution >= 4 is 33.6 Å². The normalized spacial score (nSPS) is 19.6. The van der Waals surface area contributed by atoms with Gasteiger partial charge < -0.3 is 10.1 Å². The average molecular weight is 551 g/mol. The summed E-state index contributed by atoms with van der Waals surface area (Å²) in [6.07, 6.45) is 0. The topological polar surface area (TPSA) is 99.3 Å². The van der Waals surface area contributed by atoms with Gasteiger partial charge in [-0.2, -0.15) is 4.31 Å². The lowest BCUT2D eigenvalue weighted by Gasteiger charge is -2.39. The molecular formula is C25H28ClFN4O5S. The van der Waals surface area contributed by atoms with Gasteiger partial charge in [0.25, 0.3) is 0 Å². The van der Waals surface area contributed by atoms with Gasteiger partial charge in [0.15, 0.2) is 0 Å². The molecule has 0 aliphatic carbocycles. The predicted octanol–water partition coefficient (Wildman–Crippen LogP) is 3.00. The molecule has 0 radical (unpaired) electrons. The minimum absolute atomic E-state index is 0.129. The number of ether oxygens (including phenoxy) is 1. The summed E-state index contributed by atoms with van der Waals surface area (Å²) in [7, 11) is -2.13. The number of sulfonamides is 1. The number of nitrogens with one attached hydrogen (secondary N) is 1. The molecule has 2 heterocycles. The molecule has 9 nitrogen and oxygen atoms in total. The Hall–Kier alpha value is -2.99. The van der Waals surface area contributed by atoms with Crippen molar-refractivity contribution in [3.05, 3.63) is 76.2 Å². The van der Waals surface area contributed by atoms with E-state index in [0.717, 1.165) is 0 Å². The summed E-state index contributed by atoms with van der Waals surface area (Å²) in [5, 5.41) is 3.21. The molecule has 0 spiro atoms. The minimum Gasteiger partial charge on any atom is -0.463 e. The van der Waals surface area contributed by atoms with E-state index < -0.39 is 33.9 Å². The number of benzene rings is 2. The van der Waals surface area contributed by atoms with Crippen LogP contribution in [0.2, 0.25) is 5.02 Å². The maximum Gasteiger partial charge on any atom is 0.338 e. The molecule has 2 aromatic carbocycles. The van der Waals surface area contributed by atoms with Gasteiger partial charge in [0.05, 0.1) is 23.1 Å². The lowest BCUT2D eigenvalue weighted by atomic mass is 9.94. The van der Waals surface area contributed by atoms with Gasteiger partial charge in [-0.3, -0.25) is 9.80 Å². The smallest absolute Gasteiger partial charge is 0.338 e. The third kappa shape index (κ3) is 5.80. The number of halogens is 2. The number of hydrogen-bond donors (Lipinski definition) is 1. The van der Waals surface area contributed by atoms with Crippen molar-refractivity contribution < 1.29 is 27.1 Å². The number of esters is 1. The quantitative estimate of drug-likeness (QED) is 0.532. The Morgan fingerprint density at radius 3 is 2.43 bits per heavy atom. The van der Waals surface area contributed by atoms with Gasteiger partial charge >= 0.3 is 12.0 Å². The van der Waals surface area contributed by atoms with E-state index in [-0.39, 0.29) is 36.7 Å². The average Bonchev–Trinajstić information content (AvgIpc) is 2.87. The summed E-state index contributed by atoms with van der Waals surface area (Å²) in [5.41, 5.74) is 1.05. The summed E-state index contributed by atoms with van der Waals surface area (Å²) >= 11 is 5.89. The van der Waals surface area contributed by atoms with Gasteiger partial charge in [0.1, 0.15) is 5.82 Å². The van der Waals surface area contributed by atoms with Gasteiger partial charge in [-0.15, -0.1) is 0 Å². The first-order chi connectivity index (χ1) is 17.6. The molecule has 0 saturated carbocycles. The number of carbonyl (C=O) groups excluding carboxylic acids is 2. The lowest BCUT2D eigenvalue weighted by molar-refractivity contribution is -0.139. The van der Waals surface area contributed by atoms with Crippen LogP contribution in [0.1, 0.15) is 18.5 Å². The summed E-state index contributed by atoms with van der Waals surface area (Å²) in [4.78, 5) is 29.4. The number of hydrogen-bond acceptors (Lipinski definition) is 6. The zero-order chi connectivity index (χ0) is 26.7. The number of amides is 2. The van der Waals surface area contributed by atoms with E-state index in [0.29, 0.717) is 29.4 Å². The fourth-order valence-electron chi connectivity index (χ4n) is 4.43. The van der Waals surface area contributed by atoms with Gasteiger partial charge in [-0.05, 0) is 48.9 Å². The van der Waals surface area contributed by atoms with Crippen LogP contribution in [0, 0.1) is 5.82 Å². The first kappa shape index (κ1) is 27.1. The molecule has 1 N–H and O–H groups in total. The highest BCUT2D eigenvalue weighted by molar-refractivity contribution is 7.89. The zero-order valence-electron chi connectivity index (χ0n) is 20.5. The number of likely N-dealkylation sites (N-methyl/N-ethyl adjacent to an activating group) is 1. The van der Waals surface area contributed by atoms with Crippen molar-refractivity contribution in [3.8, 4) is 0 Å². The van der Waals surface area contributed by atoms with E-state index >= 15 is 0 Å². The Labute approximate surface area is 220 Å². The Balaban J connectivity index is 1.59. The number of nitrogens with zero attached hydrogens (tertiary/aromatic N) is 3. The molecule has 2 aromatic rings. The number of rotatable bonds is 7. The van der Waals surface area contributed by atoms with Gasteiger partial charge in [-0.1, -0.05) is 23.7 Å². The van der Waals surface area contributed by atoms with Crippen LogP contribution < -0.4 is 5.32 Å². The second-order valence-electron chi connectivity index (χ2n) is 8.71. The Bertz CT molecular complexity index is 1310. The van der Waals surface area contributed by atoms with Crippen molar-refractivity contribution in [1.29, 1.82) is 0 Å². The molecule has 198 valence electrons. The highest BCUT2D eigenvalue weighted by atomic mass is 35.5. The summed E-state index contributed by atoms with van der Waals surface area (Å²) in [5.74, 6) is -1.10. The van der Waals surface area contributed by atoms with Gasteiger partial charge in [0.2, 0.25) is 10.0 Å². The van der Waals surface area contributed by atoms with Crippen molar-refractivity contribution in [2.75, 3.05) is 46.4 Å². The molecule has 37 heavy (non-hydrogen) atoms.